The average Bonchev–Trinajstić information content (AvgIpc) is 3.18. The molecule has 0 saturated carbocycles. The Kier molecular flexibility index (Phi) is 10.4. The molecule has 30 heavy (non-hydrogen) atoms. The first-order chi connectivity index (χ1) is 14.1. The third-order valence-corrected chi connectivity index (χ3v) is 5.58. The molecule has 0 amide bonds. The van der Waals surface area contributed by atoms with Crippen molar-refractivity contribution in [3.63, 3.8) is 0 Å². The minimum absolute atomic E-state index is 0. The van der Waals surface area contributed by atoms with Crippen LogP contribution in [0, 0.1) is 12.8 Å². The lowest BCUT2D eigenvalue weighted by molar-refractivity contribution is -0.149. The Morgan fingerprint density at radius 2 is 2.10 bits per heavy atom. The molecule has 2 fully saturated rings. The van der Waals surface area contributed by atoms with Crippen LogP contribution < -0.4 is 5.32 Å². The molecule has 3 heterocycles. The van der Waals surface area contributed by atoms with Crippen LogP contribution in [0.3, 0.4) is 0 Å². The Bertz CT molecular complexity index is 690. The number of furan rings is 1. The maximum atomic E-state index is 12.2. The molecule has 2 atom stereocenters. The number of likely N-dealkylation sites (tertiary alicyclic amines) is 1. The van der Waals surface area contributed by atoms with Crippen LogP contribution in [0.15, 0.2) is 21.5 Å². The van der Waals surface area contributed by atoms with Crippen molar-refractivity contribution in [3.8, 4) is 0 Å². The lowest BCUT2D eigenvalue weighted by Gasteiger charge is -2.36. The van der Waals surface area contributed by atoms with Crippen molar-refractivity contribution in [1.29, 1.82) is 0 Å². The molecular formula is C21H35IN4O4. The predicted molar refractivity (Wildman–Crippen MR) is 126 cm³/mol. The number of morpholine rings is 1. The molecule has 2 aliphatic rings. The third kappa shape index (κ3) is 6.58. The van der Waals surface area contributed by atoms with Gasteiger partial charge in [-0.25, -0.2) is 0 Å². The van der Waals surface area contributed by atoms with Gasteiger partial charge in [0.15, 0.2) is 5.96 Å². The largest absolute Gasteiger partial charge is 0.466 e. The van der Waals surface area contributed by atoms with Crippen molar-refractivity contribution in [2.24, 2.45) is 10.9 Å². The second kappa shape index (κ2) is 12.5. The molecule has 0 aliphatic carbocycles. The maximum absolute atomic E-state index is 12.2. The standard InChI is InChI=1S/C21H34N4O4.HI/c1-4-28-20(26)17-6-5-9-25(15-17)21(22-3)23-14-18(19-8-7-16(2)29-19)24-10-12-27-13-11-24;/h7-8,17-18H,4-6,9-15H2,1-3H3,(H,22,23);1H. The number of aliphatic imine (C=N–C) groups is 1. The van der Waals surface area contributed by atoms with Crippen molar-refractivity contribution < 1.29 is 18.7 Å². The van der Waals surface area contributed by atoms with Crippen LogP contribution in [-0.4, -0.2) is 81.3 Å². The van der Waals surface area contributed by atoms with Gasteiger partial charge in [0.1, 0.15) is 11.5 Å². The Balaban J connectivity index is 0.00000320. The summed E-state index contributed by atoms with van der Waals surface area (Å²) in [6.45, 7) is 9.66. The topological polar surface area (TPSA) is 79.5 Å². The van der Waals surface area contributed by atoms with Crippen molar-refractivity contribution in [1.82, 2.24) is 15.1 Å². The van der Waals surface area contributed by atoms with Gasteiger partial charge in [-0.1, -0.05) is 0 Å². The number of nitrogens with one attached hydrogen (secondary N) is 1. The molecule has 3 rings (SSSR count). The van der Waals surface area contributed by atoms with Gasteiger partial charge in [-0.15, -0.1) is 24.0 Å². The molecule has 2 aliphatic heterocycles. The minimum Gasteiger partial charge on any atom is -0.466 e. The van der Waals surface area contributed by atoms with Crippen LogP contribution in [0.2, 0.25) is 0 Å². The van der Waals surface area contributed by atoms with Crippen molar-refractivity contribution in [2.45, 2.75) is 32.7 Å². The van der Waals surface area contributed by atoms with E-state index in [4.69, 9.17) is 13.9 Å². The van der Waals surface area contributed by atoms with Gasteiger partial charge >= 0.3 is 5.97 Å². The summed E-state index contributed by atoms with van der Waals surface area (Å²) in [7, 11) is 1.79. The van der Waals surface area contributed by atoms with Gasteiger partial charge in [-0.3, -0.25) is 14.7 Å². The number of aryl methyl sites for hydroxylation is 1. The average molecular weight is 534 g/mol. The van der Waals surface area contributed by atoms with Crippen molar-refractivity contribution >= 4 is 35.9 Å². The van der Waals surface area contributed by atoms with Gasteiger partial charge in [-0.05, 0) is 38.8 Å². The van der Waals surface area contributed by atoms with E-state index in [0.29, 0.717) is 19.7 Å². The molecule has 9 heteroatoms. The zero-order valence-electron chi connectivity index (χ0n) is 18.3. The number of carbonyl (C=O) groups is 1. The van der Waals surface area contributed by atoms with Crippen molar-refractivity contribution in [3.05, 3.63) is 23.7 Å². The van der Waals surface area contributed by atoms with Crippen LogP contribution in [-0.2, 0) is 14.3 Å². The van der Waals surface area contributed by atoms with E-state index in [9.17, 15) is 4.79 Å². The van der Waals surface area contributed by atoms with E-state index in [0.717, 1.165) is 63.2 Å². The number of piperidine rings is 1. The number of hydrogen-bond acceptors (Lipinski definition) is 6. The number of rotatable bonds is 6. The lowest BCUT2D eigenvalue weighted by Crippen LogP contribution is -2.50. The predicted octanol–water partition coefficient (Wildman–Crippen LogP) is 2.43. The summed E-state index contributed by atoms with van der Waals surface area (Å²) in [4.78, 5) is 21.2. The fourth-order valence-electron chi connectivity index (χ4n) is 4.07. The number of halogens is 1. The fourth-order valence-corrected chi connectivity index (χ4v) is 4.07. The zero-order chi connectivity index (χ0) is 20.6. The second-order valence-electron chi connectivity index (χ2n) is 7.58. The maximum Gasteiger partial charge on any atom is 0.310 e. The van der Waals surface area contributed by atoms with Crippen molar-refractivity contribution in [2.75, 3.05) is 59.6 Å². The Morgan fingerprint density at radius 1 is 1.33 bits per heavy atom. The monoisotopic (exact) mass is 534 g/mol. The first-order valence-electron chi connectivity index (χ1n) is 10.6. The van der Waals surface area contributed by atoms with Crippen LogP contribution in [0.1, 0.15) is 37.3 Å². The highest BCUT2D eigenvalue weighted by Gasteiger charge is 2.30. The number of ether oxygens (including phenoxy) is 2. The summed E-state index contributed by atoms with van der Waals surface area (Å²) in [5, 5.41) is 3.52. The van der Waals surface area contributed by atoms with Gasteiger partial charge in [0.2, 0.25) is 0 Å². The SMILES string of the molecule is CCOC(=O)C1CCCN(C(=NC)NCC(c2ccc(C)o2)N2CCOCC2)C1.I. The van der Waals surface area contributed by atoms with Gasteiger partial charge in [0.05, 0.1) is 31.8 Å². The molecule has 1 aromatic heterocycles. The number of guanidine groups is 1. The first-order valence-corrected chi connectivity index (χ1v) is 10.6. The molecule has 170 valence electrons. The number of carbonyl (C=O) groups excluding carboxylic acids is 1. The lowest BCUT2D eigenvalue weighted by atomic mass is 9.98. The van der Waals surface area contributed by atoms with E-state index in [1.807, 2.05) is 19.9 Å². The zero-order valence-corrected chi connectivity index (χ0v) is 20.6. The molecule has 0 bridgehead atoms. The van der Waals surface area contributed by atoms with Gasteiger partial charge in [-0.2, -0.15) is 0 Å². The summed E-state index contributed by atoms with van der Waals surface area (Å²) in [5.41, 5.74) is 0. The van der Waals surface area contributed by atoms with Gasteiger partial charge < -0.3 is 24.1 Å². The molecule has 1 aromatic rings. The molecule has 8 nitrogen and oxygen atoms in total. The summed E-state index contributed by atoms with van der Waals surface area (Å²) < 4.78 is 16.7. The van der Waals surface area contributed by atoms with Gasteiger partial charge in [0.25, 0.3) is 0 Å². The second-order valence-corrected chi connectivity index (χ2v) is 7.58. The smallest absolute Gasteiger partial charge is 0.310 e. The third-order valence-electron chi connectivity index (χ3n) is 5.58. The highest BCUT2D eigenvalue weighted by molar-refractivity contribution is 14.0. The summed E-state index contributed by atoms with van der Waals surface area (Å²) in [6.07, 6.45) is 1.82. The number of hydrogen-bond donors (Lipinski definition) is 1. The summed E-state index contributed by atoms with van der Waals surface area (Å²) >= 11 is 0. The van der Waals surface area contributed by atoms with Crippen LogP contribution in [0.4, 0.5) is 0 Å². The molecular weight excluding hydrogens is 499 g/mol. The van der Waals surface area contributed by atoms with Crippen LogP contribution in [0.5, 0.6) is 0 Å². The molecule has 0 spiro atoms. The number of esters is 1. The molecule has 0 radical (unpaired) electrons. The molecule has 1 N–H and O–H groups in total. The van der Waals surface area contributed by atoms with E-state index < -0.39 is 0 Å². The Morgan fingerprint density at radius 3 is 2.73 bits per heavy atom. The van der Waals surface area contributed by atoms with E-state index in [1.165, 1.54) is 0 Å². The Hall–Kier alpha value is -1.33. The highest BCUT2D eigenvalue weighted by Crippen LogP contribution is 2.24. The molecule has 2 unspecified atom stereocenters. The minimum atomic E-state index is -0.107. The Labute approximate surface area is 196 Å². The summed E-state index contributed by atoms with van der Waals surface area (Å²) in [6, 6.07) is 4.17. The van der Waals surface area contributed by atoms with Gasteiger partial charge in [0, 0.05) is 39.8 Å². The highest BCUT2D eigenvalue weighted by atomic mass is 127. The van der Waals surface area contributed by atoms with E-state index in [1.54, 1.807) is 7.05 Å². The van der Waals surface area contributed by atoms with Crippen LogP contribution >= 0.6 is 24.0 Å². The first kappa shape index (κ1) is 24.9. The van der Waals surface area contributed by atoms with Crippen LogP contribution in [0.25, 0.3) is 0 Å². The molecule has 2 saturated heterocycles. The summed E-state index contributed by atoms with van der Waals surface area (Å²) in [5.74, 6) is 2.49. The fraction of sp³-hybridized carbons (Fsp3) is 0.714. The molecule has 0 aromatic carbocycles. The van der Waals surface area contributed by atoms with E-state index >= 15 is 0 Å². The van der Waals surface area contributed by atoms with E-state index in [2.05, 4.69) is 26.2 Å². The normalized spacial score (nSPS) is 21.6. The number of nitrogens with zero attached hydrogens (tertiary/aromatic N) is 3. The van der Waals surface area contributed by atoms with E-state index in [-0.39, 0.29) is 41.9 Å². The quantitative estimate of drug-likeness (QED) is 0.260.